The maximum absolute atomic E-state index is 12.3. The molecule has 116 valence electrons. The van der Waals surface area contributed by atoms with Crippen LogP contribution in [0.25, 0.3) is 0 Å². The van der Waals surface area contributed by atoms with E-state index in [0.29, 0.717) is 17.0 Å². The minimum atomic E-state index is -0.519. The molecule has 0 saturated carbocycles. The molecule has 2 aromatic carbocycles. The molecule has 0 aliphatic carbocycles. The summed E-state index contributed by atoms with van der Waals surface area (Å²) in [6, 6.07) is 14.2. The summed E-state index contributed by atoms with van der Waals surface area (Å²) >= 11 is 0. The fraction of sp³-hybridized carbons (Fsp3) is 0.278. The standard InChI is InChI=1S/C18H21NO3/c1-12(2)22-17-6-4-5-15(11-17)18(21)19-16-9-7-14(8-10-16)13(3)20/h4-13,20H,1-3H3,(H,19,21)/t13-/m0/s1. The van der Waals surface area contributed by atoms with E-state index >= 15 is 0 Å². The highest BCUT2D eigenvalue weighted by molar-refractivity contribution is 6.04. The summed E-state index contributed by atoms with van der Waals surface area (Å²) in [6.45, 7) is 5.58. The molecular formula is C18H21NO3. The highest BCUT2D eigenvalue weighted by Crippen LogP contribution is 2.18. The van der Waals surface area contributed by atoms with E-state index in [9.17, 15) is 9.90 Å². The topological polar surface area (TPSA) is 58.6 Å². The molecule has 0 bridgehead atoms. The summed E-state index contributed by atoms with van der Waals surface area (Å²) in [6.07, 6.45) is -0.457. The van der Waals surface area contributed by atoms with Gasteiger partial charge in [0.05, 0.1) is 12.2 Å². The number of benzene rings is 2. The Kier molecular flexibility index (Phi) is 5.17. The minimum Gasteiger partial charge on any atom is -0.491 e. The highest BCUT2D eigenvalue weighted by Gasteiger charge is 2.08. The van der Waals surface area contributed by atoms with Gasteiger partial charge in [-0.1, -0.05) is 18.2 Å². The average Bonchev–Trinajstić information content (AvgIpc) is 2.47. The van der Waals surface area contributed by atoms with Crippen molar-refractivity contribution >= 4 is 11.6 Å². The Hall–Kier alpha value is -2.33. The van der Waals surface area contributed by atoms with Crippen LogP contribution >= 0.6 is 0 Å². The molecule has 0 fully saturated rings. The number of amides is 1. The number of aliphatic hydroxyl groups excluding tert-OH is 1. The van der Waals surface area contributed by atoms with E-state index in [1.165, 1.54) is 0 Å². The van der Waals surface area contributed by atoms with Gasteiger partial charge in [-0.25, -0.2) is 0 Å². The molecule has 0 aliphatic rings. The first kappa shape index (κ1) is 16.0. The lowest BCUT2D eigenvalue weighted by Gasteiger charge is -2.11. The van der Waals surface area contributed by atoms with E-state index < -0.39 is 6.10 Å². The van der Waals surface area contributed by atoms with Crippen LogP contribution in [0.1, 0.15) is 42.8 Å². The number of carbonyl (C=O) groups is 1. The van der Waals surface area contributed by atoms with Crippen molar-refractivity contribution in [3.05, 3.63) is 59.7 Å². The Bertz CT molecular complexity index is 633. The Morgan fingerprint density at radius 3 is 2.36 bits per heavy atom. The second-order valence-electron chi connectivity index (χ2n) is 5.45. The molecule has 0 radical (unpaired) electrons. The van der Waals surface area contributed by atoms with Crippen molar-refractivity contribution in [2.75, 3.05) is 5.32 Å². The molecule has 1 amide bonds. The quantitative estimate of drug-likeness (QED) is 0.883. The van der Waals surface area contributed by atoms with Crippen molar-refractivity contribution in [3.63, 3.8) is 0 Å². The lowest BCUT2D eigenvalue weighted by Crippen LogP contribution is -2.12. The monoisotopic (exact) mass is 299 g/mol. The largest absolute Gasteiger partial charge is 0.491 e. The van der Waals surface area contributed by atoms with E-state index in [0.717, 1.165) is 5.56 Å². The number of hydrogen-bond acceptors (Lipinski definition) is 3. The van der Waals surface area contributed by atoms with Crippen LogP contribution < -0.4 is 10.1 Å². The summed E-state index contributed by atoms with van der Waals surface area (Å²) in [5.74, 6) is 0.478. The van der Waals surface area contributed by atoms with Crippen LogP contribution in [0, 0.1) is 0 Å². The van der Waals surface area contributed by atoms with Crippen molar-refractivity contribution in [2.45, 2.75) is 33.0 Å². The fourth-order valence-corrected chi connectivity index (χ4v) is 2.03. The maximum Gasteiger partial charge on any atom is 0.255 e. The third-order valence-corrected chi connectivity index (χ3v) is 3.12. The Morgan fingerprint density at radius 2 is 1.77 bits per heavy atom. The van der Waals surface area contributed by atoms with Crippen molar-refractivity contribution in [2.24, 2.45) is 0 Å². The zero-order valence-corrected chi connectivity index (χ0v) is 13.0. The summed E-state index contributed by atoms with van der Waals surface area (Å²) in [7, 11) is 0. The number of hydrogen-bond donors (Lipinski definition) is 2. The summed E-state index contributed by atoms with van der Waals surface area (Å²) in [5.41, 5.74) is 2.03. The van der Waals surface area contributed by atoms with Gasteiger partial charge in [0.1, 0.15) is 5.75 Å². The molecule has 0 spiro atoms. The third-order valence-electron chi connectivity index (χ3n) is 3.12. The zero-order chi connectivity index (χ0) is 16.1. The number of aliphatic hydroxyl groups is 1. The first-order valence-electron chi connectivity index (χ1n) is 7.32. The van der Waals surface area contributed by atoms with Crippen LogP contribution in [0.3, 0.4) is 0 Å². The molecule has 0 aromatic heterocycles. The number of carbonyl (C=O) groups excluding carboxylic acids is 1. The molecule has 2 aromatic rings. The van der Waals surface area contributed by atoms with Crippen molar-refractivity contribution < 1.29 is 14.6 Å². The Balaban J connectivity index is 2.08. The van der Waals surface area contributed by atoms with E-state index in [2.05, 4.69) is 5.32 Å². The van der Waals surface area contributed by atoms with E-state index in [1.54, 1.807) is 49.4 Å². The fourth-order valence-electron chi connectivity index (χ4n) is 2.03. The Morgan fingerprint density at radius 1 is 1.09 bits per heavy atom. The molecule has 4 heteroatoms. The van der Waals surface area contributed by atoms with Gasteiger partial charge in [-0.15, -0.1) is 0 Å². The summed E-state index contributed by atoms with van der Waals surface area (Å²) in [4.78, 5) is 12.3. The van der Waals surface area contributed by atoms with Crippen molar-refractivity contribution in [3.8, 4) is 5.75 Å². The number of nitrogens with one attached hydrogen (secondary N) is 1. The molecule has 0 unspecified atom stereocenters. The molecule has 2 N–H and O–H groups in total. The molecule has 22 heavy (non-hydrogen) atoms. The van der Waals surface area contributed by atoms with Crippen LogP contribution in [0.2, 0.25) is 0 Å². The first-order chi connectivity index (χ1) is 10.5. The predicted molar refractivity (Wildman–Crippen MR) is 87.2 cm³/mol. The summed E-state index contributed by atoms with van der Waals surface area (Å²) < 4.78 is 5.59. The second kappa shape index (κ2) is 7.09. The van der Waals surface area contributed by atoms with Gasteiger partial charge < -0.3 is 15.2 Å². The van der Waals surface area contributed by atoms with Crippen LogP contribution in [-0.4, -0.2) is 17.1 Å². The molecule has 0 heterocycles. The van der Waals surface area contributed by atoms with Crippen LogP contribution in [-0.2, 0) is 0 Å². The predicted octanol–water partition coefficient (Wildman–Crippen LogP) is 3.78. The molecular weight excluding hydrogens is 278 g/mol. The molecule has 4 nitrogen and oxygen atoms in total. The minimum absolute atomic E-state index is 0.0614. The number of anilines is 1. The van der Waals surface area contributed by atoms with Crippen molar-refractivity contribution in [1.29, 1.82) is 0 Å². The highest BCUT2D eigenvalue weighted by atomic mass is 16.5. The Labute approximate surface area is 130 Å². The number of rotatable bonds is 5. The third kappa shape index (κ3) is 4.33. The maximum atomic E-state index is 12.3. The van der Waals surface area contributed by atoms with Crippen LogP contribution in [0.15, 0.2) is 48.5 Å². The molecule has 1 atom stereocenters. The SMILES string of the molecule is CC(C)Oc1cccc(C(=O)Nc2ccc([C@H](C)O)cc2)c1. The lowest BCUT2D eigenvalue weighted by atomic mass is 10.1. The van der Waals surface area contributed by atoms with E-state index in [1.807, 2.05) is 19.9 Å². The summed E-state index contributed by atoms with van der Waals surface area (Å²) in [5, 5.41) is 12.3. The van der Waals surface area contributed by atoms with E-state index in [4.69, 9.17) is 4.74 Å². The second-order valence-corrected chi connectivity index (χ2v) is 5.45. The van der Waals surface area contributed by atoms with Crippen LogP contribution in [0.5, 0.6) is 5.75 Å². The van der Waals surface area contributed by atoms with Gasteiger partial charge in [0.15, 0.2) is 0 Å². The van der Waals surface area contributed by atoms with Gasteiger partial charge in [0.25, 0.3) is 5.91 Å². The first-order valence-corrected chi connectivity index (χ1v) is 7.32. The molecule has 0 saturated heterocycles. The molecule has 2 rings (SSSR count). The normalized spacial score (nSPS) is 12.0. The van der Waals surface area contributed by atoms with Gasteiger partial charge in [-0.05, 0) is 56.7 Å². The number of ether oxygens (including phenoxy) is 1. The van der Waals surface area contributed by atoms with Gasteiger partial charge >= 0.3 is 0 Å². The van der Waals surface area contributed by atoms with Gasteiger partial charge in [-0.2, -0.15) is 0 Å². The average molecular weight is 299 g/mol. The van der Waals surface area contributed by atoms with Crippen LogP contribution in [0.4, 0.5) is 5.69 Å². The van der Waals surface area contributed by atoms with Gasteiger partial charge in [-0.3, -0.25) is 4.79 Å². The van der Waals surface area contributed by atoms with Crippen molar-refractivity contribution in [1.82, 2.24) is 0 Å². The zero-order valence-electron chi connectivity index (χ0n) is 13.0. The lowest BCUT2D eigenvalue weighted by molar-refractivity contribution is 0.102. The van der Waals surface area contributed by atoms with Gasteiger partial charge in [0, 0.05) is 11.3 Å². The van der Waals surface area contributed by atoms with E-state index in [-0.39, 0.29) is 12.0 Å². The smallest absolute Gasteiger partial charge is 0.255 e. The molecule has 0 aliphatic heterocycles. The van der Waals surface area contributed by atoms with Gasteiger partial charge in [0.2, 0.25) is 0 Å².